The quantitative estimate of drug-likeness (QED) is 0.269. The Kier molecular flexibility index (Phi) is 6.75. The SMILES string of the molecule is CCONc1nc(-c2cn(CCOC)nn2)nc2c1ncn2C1OC(C(=O)NC)[C@@H](O)[C@H]1O. The number of amides is 1. The van der Waals surface area contributed by atoms with Crippen LogP contribution in [-0.4, -0.2) is 96.3 Å². The molecule has 0 aromatic carbocycles. The molecule has 0 bridgehead atoms. The van der Waals surface area contributed by atoms with Crippen molar-refractivity contribution in [3.63, 3.8) is 0 Å². The van der Waals surface area contributed by atoms with Gasteiger partial charge in [-0.25, -0.2) is 25.1 Å². The summed E-state index contributed by atoms with van der Waals surface area (Å²) < 4.78 is 13.7. The molecule has 3 aromatic heterocycles. The van der Waals surface area contributed by atoms with Crippen molar-refractivity contribution in [1.82, 2.24) is 39.8 Å². The van der Waals surface area contributed by atoms with Gasteiger partial charge in [-0.2, -0.15) is 0 Å². The second kappa shape index (κ2) is 9.72. The molecular weight excluding hydrogens is 438 g/mol. The van der Waals surface area contributed by atoms with E-state index in [-0.39, 0.29) is 17.3 Å². The summed E-state index contributed by atoms with van der Waals surface area (Å²) in [6.45, 7) is 3.11. The Morgan fingerprint density at radius 3 is 2.85 bits per heavy atom. The number of anilines is 1. The van der Waals surface area contributed by atoms with Crippen molar-refractivity contribution in [3.05, 3.63) is 12.5 Å². The highest BCUT2D eigenvalue weighted by Crippen LogP contribution is 2.33. The Labute approximate surface area is 187 Å². The summed E-state index contributed by atoms with van der Waals surface area (Å²) in [6, 6.07) is 0. The number of carbonyl (C=O) groups excluding carboxylic acids is 1. The van der Waals surface area contributed by atoms with Crippen LogP contribution in [0.4, 0.5) is 5.82 Å². The number of fused-ring (bicyclic) bond motifs is 1. The molecule has 0 aliphatic carbocycles. The van der Waals surface area contributed by atoms with Gasteiger partial charge in [-0.05, 0) is 6.92 Å². The molecule has 3 aromatic rings. The van der Waals surface area contributed by atoms with Crippen LogP contribution >= 0.6 is 0 Å². The van der Waals surface area contributed by atoms with E-state index in [1.54, 1.807) is 24.9 Å². The molecular formula is C18H25N9O6. The van der Waals surface area contributed by atoms with Gasteiger partial charge in [0, 0.05) is 14.2 Å². The molecule has 4 heterocycles. The van der Waals surface area contributed by atoms with E-state index in [2.05, 4.69) is 36.1 Å². The van der Waals surface area contributed by atoms with E-state index in [0.29, 0.717) is 31.0 Å². The summed E-state index contributed by atoms with van der Waals surface area (Å²) in [5.74, 6) is -0.0842. The van der Waals surface area contributed by atoms with Gasteiger partial charge in [-0.1, -0.05) is 5.21 Å². The molecule has 1 aliphatic rings. The Hall–Kier alpha value is -3.24. The predicted octanol–water partition coefficient (Wildman–Crippen LogP) is -1.54. The number of aliphatic hydroxyl groups excluding tert-OH is 2. The van der Waals surface area contributed by atoms with Gasteiger partial charge in [-0.3, -0.25) is 14.2 Å². The highest BCUT2D eigenvalue weighted by molar-refractivity contribution is 5.85. The molecule has 0 spiro atoms. The Morgan fingerprint density at radius 1 is 1.30 bits per heavy atom. The second-order valence-electron chi connectivity index (χ2n) is 7.16. The van der Waals surface area contributed by atoms with E-state index < -0.39 is 30.4 Å². The molecule has 15 heteroatoms. The summed E-state index contributed by atoms with van der Waals surface area (Å²) in [4.78, 5) is 30.6. The van der Waals surface area contributed by atoms with Crippen molar-refractivity contribution in [2.75, 3.05) is 32.9 Å². The van der Waals surface area contributed by atoms with Gasteiger partial charge in [0.15, 0.2) is 40.8 Å². The average molecular weight is 463 g/mol. The predicted molar refractivity (Wildman–Crippen MR) is 111 cm³/mol. The van der Waals surface area contributed by atoms with Crippen molar-refractivity contribution in [2.45, 2.75) is 38.0 Å². The highest BCUT2D eigenvalue weighted by atomic mass is 16.6. The van der Waals surface area contributed by atoms with Gasteiger partial charge in [0.1, 0.15) is 12.2 Å². The van der Waals surface area contributed by atoms with Crippen LogP contribution in [0, 0.1) is 0 Å². The lowest BCUT2D eigenvalue weighted by Gasteiger charge is -2.16. The number of carbonyl (C=O) groups is 1. The van der Waals surface area contributed by atoms with Crippen LogP contribution in [0.15, 0.2) is 12.5 Å². The van der Waals surface area contributed by atoms with Crippen LogP contribution in [0.25, 0.3) is 22.7 Å². The number of aliphatic hydroxyl groups is 2. The van der Waals surface area contributed by atoms with Crippen LogP contribution in [0.5, 0.6) is 0 Å². The minimum Gasteiger partial charge on any atom is -0.387 e. The molecule has 1 amide bonds. The molecule has 4 rings (SSSR count). The van der Waals surface area contributed by atoms with Crippen LogP contribution in [0.3, 0.4) is 0 Å². The smallest absolute Gasteiger partial charge is 0.251 e. The number of ether oxygens (including phenoxy) is 2. The maximum absolute atomic E-state index is 12.0. The number of hydrogen-bond acceptors (Lipinski definition) is 12. The first-order valence-electron chi connectivity index (χ1n) is 10.2. The fraction of sp³-hybridized carbons (Fsp3) is 0.556. The maximum Gasteiger partial charge on any atom is 0.251 e. The number of nitrogens with one attached hydrogen (secondary N) is 2. The molecule has 33 heavy (non-hydrogen) atoms. The topological polar surface area (TPSA) is 184 Å². The highest BCUT2D eigenvalue weighted by Gasteiger charge is 2.47. The second-order valence-corrected chi connectivity index (χ2v) is 7.16. The number of nitrogens with zero attached hydrogens (tertiary/aromatic N) is 7. The standard InChI is InChI=1S/C18H25N9O6/c1-4-32-24-15-10-16(22-14(21-15)9-7-26(25-23-9)5-6-31-3)27(8-20-10)18-12(29)11(28)13(33-18)17(30)19-2/h7-8,11-13,18,28-29H,4-6H2,1-3H3,(H,19,30)(H,21,22,24)/t11-,12+,13?,18?/m0/s1. The number of imidazole rings is 1. The molecule has 4 N–H and O–H groups in total. The Bertz CT molecular complexity index is 1120. The molecule has 4 atom stereocenters. The summed E-state index contributed by atoms with van der Waals surface area (Å²) in [7, 11) is 3.00. The molecule has 1 saturated heterocycles. The first-order chi connectivity index (χ1) is 16.0. The molecule has 15 nitrogen and oxygen atoms in total. The molecule has 0 saturated carbocycles. The third-order valence-electron chi connectivity index (χ3n) is 5.04. The largest absolute Gasteiger partial charge is 0.387 e. The Balaban J connectivity index is 1.75. The maximum atomic E-state index is 12.0. The van der Waals surface area contributed by atoms with E-state index in [1.165, 1.54) is 17.9 Å². The normalized spacial score (nSPS) is 22.7. The lowest BCUT2D eigenvalue weighted by atomic mass is 10.1. The third-order valence-corrected chi connectivity index (χ3v) is 5.04. The minimum absolute atomic E-state index is 0.214. The Morgan fingerprint density at radius 2 is 2.12 bits per heavy atom. The molecule has 1 aliphatic heterocycles. The van der Waals surface area contributed by atoms with Crippen molar-refractivity contribution >= 4 is 22.9 Å². The van der Waals surface area contributed by atoms with Crippen molar-refractivity contribution in [1.29, 1.82) is 0 Å². The summed E-state index contributed by atoms with van der Waals surface area (Å²) in [6.07, 6.45) is -2.17. The van der Waals surface area contributed by atoms with Crippen LogP contribution in [-0.2, 0) is 25.7 Å². The van der Waals surface area contributed by atoms with Gasteiger partial charge < -0.3 is 25.0 Å². The van der Waals surface area contributed by atoms with E-state index >= 15 is 0 Å². The lowest BCUT2D eigenvalue weighted by molar-refractivity contribution is -0.137. The molecule has 1 fully saturated rings. The summed E-state index contributed by atoms with van der Waals surface area (Å²) in [5.41, 5.74) is 3.71. The number of methoxy groups -OCH3 is 1. The number of aromatic nitrogens is 7. The average Bonchev–Trinajstić information content (AvgIpc) is 3.54. The van der Waals surface area contributed by atoms with Crippen molar-refractivity contribution in [3.8, 4) is 11.5 Å². The minimum atomic E-state index is -1.43. The van der Waals surface area contributed by atoms with E-state index in [4.69, 9.17) is 14.3 Å². The third kappa shape index (κ3) is 4.36. The molecule has 2 unspecified atom stereocenters. The van der Waals surface area contributed by atoms with E-state index in [1.807, 2.05) is 0 Å². The molecule has 178 valence electrons. The van der Waals surface area contributed by atoms with Crippen LogP contribution < -0.4 is 10.8 Å². The lowest BCUT2D eigenvalue weighted by Crippen LogP contribution is -2.41. The number of hydrogen-bond donors (Lipinski definition) is 4. The number of likely N-dealkylation sites (N-methyl/N-ethyl adjacent to an activating group) is 1. The number of rotatable bonds is 9. The van der Waals surface area contributed by atoms with Crippen molar-refractivity contribution in [2.24, 2.45) is 0 Å². The zero-order valence-corrected chi connectivity index (χ0v) is 18.2. The zero-order chi connectivity index (χ0) is 23.5. The van der Waals surface area contributed by atoms with Gasteiger partial charge in [0.05, 0.1) is 32.3 Å². The fourth-order valence-corrected chi connectivity index (χ4v) is 3.37. The monoisotopic (exact) mass is 463 g/mol. The van der Waals surface area contributed by atoms with Crippen LogP contribution in [0.1, 0.15) is 13.2 Å². The van der Waals surface area contributed by atoms with Gasteiger partial charge >= 0.3 is 0 Å². The molecule has 0 radical (unpaired) electrons. The first-order valence-corrected chi connectivity index (χ1v) is 10.2. The van der Waals surface area contributed by atoms with E-state index in [0.717, 1.165) is 0 Å². The summed E-state index contributed by atoms with van der Waals surface area (Å²) >= 11 is 0. The first kappa shape index (κ1) is 22.9. The zero-order valence-electron chi connectivity index (χ0n) is 18.2. The van der Waals surface area contributed by atoms with Gasteiger partial charge in [0.25, 0.3) is 5.91 Å². The van der Waals surface area contributed by atoms with Gasteiger partial charge in [0.2, 0.25) is 0 Å². The fourth-order valence-electron chi connectivity index (χ4n) is 3.37. The van der Waals surface area contributed by atoms with Gasteiger partial charge in [-0.15, -0.1) is 5.10 Å². The van der Waals surface area contributed by atoms with Crippen LogP contribution in [0.2, 0.25) is 0 Å². The van der Waals surface area contributed by atoms with Crippen molar-refractivity contribution < 1.29 is 29.3 Å². The summed E-state index contributed by atoms with van der Waals surface area (Å²) in [5, 5.41) is 31.4. The van der Waals surface area contributed by atoms with E-state index in [9.17, 15) is 15.0 Å².